The summed E-state index contributed by atoms with van der Waals surface area (Å²) in [7, 11) is 0. The van der Waals surface area contributed by atoms with Crippen molar-refractivity contribution in [2.75, 3.05) is 11.1 Å². The predicted molar refractivity (Wildman–Crippen MR) is 107 cm³/mol. The van der Waals surface area contributed by atoms with Crippen molar-refractivity contribution >= 4 is 23.4 Å². The second-order valence-electron chi connectivity index (χ2n) is 6.28. The van der Waals surface area contributed by atoms with Crippen LogP contribution in [0.3, 0.4) is 0 Å². The van der Waals surface area contributed by atoms with Crippen LogP contribution < -0.4 is 10.9 Å². The van der Waals surface area contributed by atoms with Crippen LogP contribution in [0.5, 0.6) is 0 Å². The van der Waals surface area contributed by atoms with Crippen molar-refractivity contribution in [3.8, 4) is 0 Å². The Bertz CT molecular complexity index is 982. The molecule has 138 valence electrons. The van der Waals surface area contributed by atoms with E-state index in [4.69, 9.17) is 0 Å². The summed E-state index contributed by atoms with van der Waals surface area (Å²) >= 11 is 1.14. The van der Waals surface area contributed by atoms with E-state index in [-0.39, 0.29) is 17.2 Å². The fourth-order valence-corrected chi connectivity index (χ4v) is 3.30. The average molecular weight is 380 g/mol. The number of carbonyl (C=O) groups excluding carboxylic acids is 1. The number of thioether (sulfide) groups is 1. The highest BCUT2D eigenvalue weighted by molar-refractivity contribution is 7.99. The van der Waals surface area contributed by atoms with Gasteiger partial charge >= 0.3 is 0 Å². The Hall–Kier alpha value is -2.93. The standard InChI is InChI=1S/C20H20N4O2S/c1-13-8-14(2)10-16(9-13)21-18(25)12-27-20-22-19(26)17(23-24-20)11-15-6-4-3-5-7-15/h3-10H,11-12H2,1-2H3,(H,21,25)(H,22,24,26). The highest BCUT2D eigenvalue weighted by Crippen LogP contribution is 2.15. The quantitative estimate of drug-likeness (QED) is 0.642. The summed E-state index contributed by atoms with van der Waals surface area (Å²) in [4.78, 5) is 27.0. The number of carbonyl (C=O) groups is 1. The van der Waals surface area contributed by atoms with E-state index in [0.717, 1.165) is 34.1 Å². The molecule has 6 nitrogen and oxygen atoms in total. The van der Waals surface area contributed by atoms with Crippen LogP contribution in [0.4, 0.5) is 5.69 Å². The molecule has 0 atom stereocenters. The first-order valence-electron chi connectivity index (χ1n) is 8.50. The summed E-state index contributed by atoms with van der Waals surface area (Å²) < 4.78 is 0. The van der Waals surface area contributed by atoms with Gasteiger partial charge in [-0.3, -0.25) is 14.6 Å². The predicted octanol–water partition coefficient (Wildman–Crippen LogP) is 3.10. The SMILES string of the molecule is Cc1cc(C)cc(NC(=O)CSc2nnc(Cc3ccccc3)c(=O)[nH]2)c1. The smallest absolute Gasteiger partial charge is 0.273 e. The van der Waals surface area contributed by atoms with Crippen molar-refractivity contribution in [2.24, 2.45) is 0 Å². The second-order valence-corrected chi connectivity index (χ2v) is 7.25. The number of anilines is 1. The van der Waals surface area contributed by atoms with Gasteiger partial charge in [0, 0.05) is 12.1 Å². The lowest BCUT2D eigenvalue weighted by Crippen LogP contribution is -2.19. The van der Waals surface area contributed by atoms with Crippen molar-refractivity contribution in [3.05, 3.63) is 81.3 Å². The summed E-state index contributed by atoms with van der Waals surface area (Å²) in [5.41, 5.74) is 3.99. The molecule has 0 aliphatic rings. The van der Waals surface area contributed by atoms with Crippen molar-refractivity contribution < 1.29 is 4.79 Å². The lowest BCUT2D eigenvalue weighted by Gasteiger charge is -2.07. The van der Waals surface area contributed by atoms with Crippen LogP contribution in [-0.2, 0) is 11.2 Å². The molecule has 27 heavy (non-hydrogen) atoms. The Balaban J connectivity index is 1.58. The zero-order valence-electron chi connectivity index (χ0n) is 15.2. The van der Waals surface area contributed by atoms with E-state index in [1.165, 1.54) is 0 Å². The number of H-pyrrole nitrogens is 1. The second kappa shape index (κ2) is 8.64. The van der Waals surface area contributed by atoms with Crippen LogP contribution in [0, 0.1) is 13.8 Å². The van der Waals surface area contributed by atoms with Gasteiger partial charge < -0.3 is 5.32 Å². The molecular formula is C20H20N4O2S. The first-order valence-corrected chi connectivity index (χ1v) is 9.49. The van der Waals surface area contributed by atoms with Crippen molar-refractivity contribution in [2.45, 2.75) is 25.4 Å². The van der Waals surface area contributed by atoms with E-state index in [0.29, 0.717) is 17.3 Å². The molecule has 0 aliphatic heterocycles. The highest BCUT2D eigenvalue weighted by Gasteiger charge is 2.09. The van der Waals surface area contributed by atoms with E-state index < -0.39 is 0 Å². The van der Waals surface area contributed by atoms with Crippen LogP contribution in [-0.4, -0.2) is 26.8 Å². The first-order chi connectivity index (χ1) is 13.0. The molecule has 1 heterocycles. The maximum Gasteiger partial charge on any atom is 0.273 e. The zero-order valence-corrected chi connectivity index (χ0v) is 16.0. The summed E-state index contributed by atoms with van der Waals surface area (Å²) in [6.07, 6.45) is 0.418. The zero-order chi connectivity index (χ0) is 19.2. The molecule has 3 aromatic rings. The Morgan fingerprint density at radius 2 is 1.78 bits per heavy atom. The fraction of sp³-hybridized carbons (Fsp3) is 0.200. The van der Waals surface area contributed by atoms with Gasteiger partial charge in [0.15, 0.2) is 5.16 Å². The topological polar surface area (TPSA) is 87.7 Å². The highest BCUT2D eigenvalue weighted by atomic mass is 32.2. The van der Waals surface area contributed by atoms with E-state index in [1.807, 2.05) is 62.4 Å². The number of benzene rings is 2. The number of aryl methyl sites for hydroxylation is 2. The molecule has 0 saturated heterocycles. The van der Waals surface area contributed by atoms with Gasteiger partial charge in [0.05, 0.1) is 5.75 Å². The van der Waals surface area contributed by atoms with E-state index in [1.54, 1.807) is 0 Å². The molecule has 2 N–H and O–H groups in total. The normalized spacial score (nSPS) is 10.6. The van der Waals surface area contributed by atoms with Crippen LogP contribution in [0.15, 0.2) is 58.5 Å². The molecule has 0 unspecified atom stereocenters. The number of hydrogen-bond donors (Lipinski definition) is 2. The van der Waals surface area contributed by atoms with Crippen LogP contribution in [0.1, 0.15) is 22.4 Å². The number of aromatic nitrogens is 3. The molecule has 0 bridgehead atoms. The van der Waals surface area contributed by atoms with Gasteiger partial charge in [-0.25, -0.2) is 0 Å². The minimum atomic E-state index is -0.286. The monoisotopic (exact) mass is 380 g/mol. The van der Waals surface area contributed by atoms with Gasteiger partial charge in [0.1, 0.15) is 5.69 Å². The number of nitrogens with one attached hydrogen (secondary N) is 2. The molecule has 0 aliphatic carbocycles. The maximum atomic E-state index is 12.2. The molecule has 0 fully saturated rings. The molecule has 1 amide bonds. The van der Waals surface area contributed by atoms with Crippen molar-refractivity contribution in [3.63, 3.8) is 0 Å². The van der Waals surface area contributed by atoms with Crippen LogP contribution >= 0.6 is 11.8 Å². The third kappa shape index (κ3) is 5.52. The van der Waals surface area contributed by atoms with Crippen molar-refractivity contribution in [1.29, 1.82) is 0 Å². The lowest BCUT2D eigenvalue weighted by atomic mass is 10.1. The molecule has 7 heteroatoms. The summed E-state index contributed by atoms with van der Waals surface area (Å²) in [5.74, 6) is -0.0312. The molecule has 0 saturated carbocycles. The minimum Gasteiger partial charge on any atom is -0.325 e. The number of nitrogens with zero attached hydrogens (tertiary/aromatic N) is 2. The van der Waals surface area contributed by atoms with E-state index in [2.05, 4.69) is 20.5 Å². The van der Waals surface area contributed by atoms with Gasteiger partial charge in [0.25, 0.3) is 5.56 Å². The number of hydrogen-bond acceptors (Lipinski definition) is 5. The van der Waals surface area contributed by atoms with E-state index in [9.17, 15) is 9.59 Å². The van der Waals surface area contributed by atoms with Crippen molar-refractivity contribution in [1.82, 2.24) is 15.2 Å². The third-order valence-electron chi connectivity index (χ3n) is 3.80. The van der Waals surface area contributed by atoms with Gasteiger partial charge in [0.2, 0.25) is 5.91 Å². The molecule has 3 rings (SSSR count). The minimum absolute atomic E-state index is 0.135. The Morgan fingerprint density at radius 1 is 1.07 bits per heavy atom. The molecule has 0 radical (unpaired) electrons. The summed E-state index contributed by atoms with van der Waals surface area (Å²) in [6.45, 7) is 3.96. The maximum absolute atomic E-state index is 12.2. The molecule has 1 aromatic heterocycles. The first kappa shape index (κ1) is 18.8. The van der Waals surface area contributed by atoms with Crippen LogP contribution in [0.2, 0.25) is 0 Å². The lowest BCUT2D eigenvalue weighted by molar-refractivity contribution is -0.113. The number of rotatable bonds is 6. The molecular weight excluding hydrogens is 360 g/mol. The molecule has 2 aromatic carbocycles. The van der Waals surface area contributed by atoms with Gasteiger partial charge in [-0.15, -0.1) is 10.2 Å². The van der Waals surface area contributed by atoms with Gasteiger partial charge in [-0.05, 0) is 42.7 Å². The Labute approximate surface area is 161 Å². The van der Waals surface area contributed by atoms with Gasteiger partial charge in [-0.1, -0.05) is 48.2 Å². The number of aromatic amines is 1. The largest absolute Gasteiger partial charge is 0.325 e. The third-order valence-corrected chi connectivity index (χ3v) is 4.67. The van der Waals surface area contributed by atoms with E-state index >= 15 is 0 Å². The fourth-order valence-electron chi connectivity index (χ4n) is 2.69. The van der Waals surface area contributed by atoms with Gasteiger partial charge in [-0.2, -0.15) is 0 Å². The number of amides is 1. The summed E-state index contributed by atoms with van der Waals surface area (Å²) in [5, 5.41) is 11.2. The average Bonchev–Trinajstić information content (AvgIpc) is 2.62. The summed E-state index contributed by atoms with van der Waals surface area (Å²) in [6, 6.07) is 15.5. The Morgan fingerprint density at radius 3 is 2.44 bits per heavy atom. The Kier molecular flexibility index (Phi) is 6.03. The molecule has 0 spiro atoms. The van der Waals surface area contributed by atoms with Crippen LogP contribution in [0.25, 0.3) is 0 Å².